The number of thioether (sulfide) groups is 1. The van der Waals surface area contributed by atoms with Gasteiger partial charge in [-0.2, -0.15) is 11.8 Å². The van der Waals surface area contributed by atoms with Crippen LogP contribution in [0.15, 0.2) is 18.2 Å². The Balaban J connectivity index is 1.82. The minimum Gasteiger partial charge on any atom is -0.331 e. The first-order valence-corrected chi connectivity index (χ1v) is 8.75. The summed E-state index contributed by atoms with van der Waals surface area (Å²) in [5.74, 6) is 2.72. The summed E-state index contributed by atoms with van der Waals surface area (Å²) in [4.78, 5) is 16.8. The van der Waals surface area contributed by atoms with Gasteiger partial charge in [0, 0.05) is 30.3 Å². The molecule has 1 aromatic heterocycles. The third-order valence-electron chi connectivity index (χ3n) is 3.99. The molecule has 1 aliphatic carbocycles. The van der Waals surface area contributed by atoms with Gasteiger partial charge in [0.05, 0.1) is 11.0 Å². The second kappa shape index (κ2) is 5.72. The van der Waals surface area contributed by atoms with E-state index in [0.29, 0.717) is 5.92 Å². The summed E-state index contributed by atoms with van der Waals surface area (Å²) in [7, 11) is 2.07. The first-order valence-electron chi connectivity index (χ1n) is 7.36. The molecule has 0 spiro atoms. The van der Waals surface area contributed by atoms with E-state index < -0.39 is 0 Å². The van der Waals surface area contributed by atoms with E-state index in [1.165, 1.54) is 18.7 Å². The number of rotatable bonds is 5. The molecule has 1 aromatic carbocycles. The molecule has 0 aliphatic heterocycles. The average molecular weight is 303 g/mol. The van der Waals surface area contributed by atoms with Crippen molar-refractivity contribution in [3.05, 3.63) is 24.0 Å². The van der Waals surface area contributed by atoms with Crippen molar-refractivity contribution in [2.45, 2.75) is 25.7 Å². The van der Waals surface area contributed by atoms with Crippen LogP contribution >= 0.6 is 11.8 Å². The Morgan fingerprint density at radius 1 is 1.52 bits per heavy atom. The highest BCUT2D eigenvalue weighted by Crippen LogP contribution is 2.40. The zero-order chi connectivity index (χ0) is 15.0. The molecule has 0 saturated heterocycles. The number of aryl methyl sites for hydroxylation is 1. The SMILES string of the molecule is CSCC(C)C(=O)Nc1ccc2c(c1)nc(C1CC1)n2C. The topological polar surface area (TPSA) is 46.9 Å². The molecule has 3 rings (SSSR count). The number of amides is 1. The Morgan fingerprint density at radius 2 is 2.29 bits per heavy atom. The maximum Gasteiger partial charge on any atom is 0.228 e. The number of anilines is 1. The fourth-order valence-electron chi connectivity index (χ4n) is 2.59. The molecule has 4 nitrogen and oxygen atoms in total. The van der Waals surface area contributed by atoms with Gasteiger partial charge in [0.25, 0.3) is 0 Å². The number of nitrogens with one attached hydrogen (secondary N) is 1. The molecule has 1 fully saturated rings. The highest BCUT2D eigenvalue weighted by molar-refractivity contribution is 7.98. The Morgan fingerprint density at radius 3 is 2.95 bits per heavy atom. The molecule has 1 saturated carbocycles. The second-order valence-electron chi connectivity index (χ2n) is 5.85. The van der Waals surface area contributed by atoms with Gasteiger partial charge >= 0.3 is 0 Å². The largest absolute Gasteiger partial charge is 0.331 e. The second-order valence-corrected chi connectivity index (χ2v) is 6.76. The fraction of sp³-hybridized carbons (Fsp3) is 0.500. The molecule has 1 heterocycles. The number of benzene rings is 1. The van der Waals surface area contributed by atoms with Gasteiger partial charge in [-0.25, -0.2) is 4.98 Å². The quantitative estimate of drug-likeness (QED) is 0.921. The van der Waals surface area contributed by atoms with Crippen molar-refractivity contribution < 1.29 is 4.79 Å². The van der Waals surface area contributed by atoms with Crippen LogP contribution in [0, 0.1) is 5.92 Å². The lowest BCUT2D eigenvalue weighted by molar-refractivity contribution is -0.118. The van der Waals surface area contributed by atoms with E-state index >= 15 is 0 Å². The molecule has 1 N–H and O–H groups in total. The maximum atomic E-state index is 12.1. The smallest absolute Gasteiger partial charge is 0.228 e. The molecule has 1 aliphatic rings. The van der Waals surface area contributed by atoms with Crippen molar-refractivity contribution >= 4 is 34.4 Å². The van der Waals surface area contributed by atoms with E-state index in [1.54, 1.807) is 11.8 Å². The van der Waals surface area contributed by atoms with E-state index in [0.717, 1.165) is 22.5 Å². The van der Waals surface area contributed by atoms with Gasteiger partial charge in [-0.15, -0.1) is 0 Å². The van der Waals surface area contributed by atoms with Gasteiger partial charge in [0.2, 0.25) is 5.91 Å². The van der Waals surface area contributed by atoms with Crippen LogP contribution in [0.1, 0.15) is 31.5 Å². The molecular weight excluding hydrogens is 282 g/mol. The summed E-state index contributed by atoms with van der Waals surface area (Å²) in [6.45, 7) is 1.95. The van der Waals surface area contributed by atoms with Gasteiger partial charge < -0.3 is 9.88 Å². The molecule has 1 unspecified atom stereocenters. The van der Waals surface area contributed by atoms with Crippen LogP contribution in [0.2, 0.25) is 0 Å². The Labute approximate surface area is 129 Å². The molecule has 0 bridgehead atoms. The average Bonchev–Trinajstić information content (AvgIpc) is 3.24. The number of hydrogen-bond acceptors (Lipinski definition) is 3. The van der Waals surface area contributed by atoms with Crippen LogP contribution in [-0.4, -0.2) is 27.5 Å². The summed E-state index contributed by atoms with van der Waals surface area (Å²) in [6.07, 6.45) is 4.50. The summed E-state index contributed by atoms with van der Waals surface area (Å²) in [5, 5.41) is 2.99. The molecule has 0 radical (unpaired) electrons. The molecule has 2 aromatic rings. The van der Waals surface area contributed by atoms with Crippen molar-refractivity contribution in [1.29, 1.82) is 0 Å². The van der Waals surface area contributed by atoms with Crippen LogP contribution in [0.3, 0.4) is 0 Å². The number of aromatic nitrogens is 2. The van der Waals surface area contributed by atoms with Crippen molar-refractivity contribution in [3.63, 3.8) is 0 Å². The van der Waals surface area contributed by atoms with Gasteiger partial charge in [0.1, 0.15) is 5.82 Å². The van der Waals surface area contributed by atoms with Crippen LogP contribution in [0.5, 0.6) is 0 Å². The number of fused-ring (bicyclic) bond motifs is 1. The molecule has 112 valence electrons. The Hall–Kier alpha value is -1.49. The van der Waals surface area contributed by atoms with Crippen LogP contribution in [0.25, 0.3) is 11.0 Å². The van der Waals surface area contributed by atoms with Crippen LogP contribution < -0.4 is 5.32 Å². The minimum absolute atomic E-state index is 0.0152. The molecule has 21 heavy (non-hydrogen) atoms. The van der Waals surface area contributed by atoms with Crippen molar-refractivity contribution in [2.75, 3.05) is 17.3 Å². The summed E-state index contributed by atoms with van der Waals surface area (Å²) < 4.78 is 2.18. The predicted octanol–water partition coefficient (Wildman–Crippen LogP) is 3.39. The van der Waals surface area contributed by atoms with Crippen molar-refractivity contribution in [2.24, 2.45) is 13.0 Å². The van der Waals surface area contributed by atoms with Gasteiger partial charge in [-0.1, -0.05) is 6.92 Å². The molecular formula is C16H21N3OS. The zero-order valence-corrected chi connectivity index (χ0v) is 13.5. The number of imidazole rings is 1. The van der Waals surface area contributed by atoms with E-state index in [1.807, 2.05) is 31.4 Å². The third-order valence-corrected chi connectivity index (χ3v) is 4.82. The number of carbonyl (C=O) groups is 1. The highest BCUT2D eigenvalue weighted by Gasteiger charge is 2.28. The Bertz CT molecular complexity index is 675. The molecule has 5 heteroatoms. The summed E-state index contributed by atoms with van der Waals surface area (Å²) >= 11 is 1.69. The van der Waals surface area contributed by atoms with E-state index in [4.69, 9.17) is 4.98 Å². The van der Waals surface area contributed by atoms with Crippen molar-refractivity contribution in [3.8, 4) is 0 Å². The lowest BCUT2D eigenvalue weighted by atomic mass is 10.2. The zero-order valence-electron chi connectivity index (χ0n) is 12.7. The lowest BCUT2D eigenvalue weighted by Gasteiger charge is -2.10. The molecule has 1 amide bonds. The van der Waals surface area contributed by atoms with Crippen molar-refractivity contribution in [1.82, 2.24) is 9.55 Å². The minimum atomic E-state index is 0.0152. The highest BCUT2D eigenvalue weighted by atomic mass is 32.2. The van der Waals surface area contributed by atoms with E-state index in [2.05, 4.69) is 16.9 Å². The lowest BCUT2D eigenvalue weighted by Crippen LogP contribution is -2.21. The first-order chi connectivity index (χ1) is 10.1. The van der Waals surface area contributed by atoms with Crippen LogP contribution in [0.4, 0.5) is 5.69 Å². The normalized spacial score (nSPS) is 16.1. The van der Waals surface area contributed by atoms with Gasteiger partial charge in [0.15, 0.2) is 0 Å². The maximum absolute atomic E-state index is 12.1. The van der Waals surface area contributed by atoms with E-state index in [-0.39, 0.29) is 11.8 Å². The molecule has 1 atom stereocenters. The number of hydrogen-bond donors (Lipinski definition) is 1. The number of nitrogens with zero attached hydrogens (tertiary/aromatic N) is 2. The van der Waals surface area contributed by atoms with Gasteiger partial charge in [-0.3, -0.25) is 4.79 Å². The predicted molar refractivity (Wildman–Crippen MR) is 88.9 cm³/mol. The summed E-state index contributed by atoms with van der Waals surface area (Å²) in [5.41, 5.74) is 2.93. The number of carbonyl (C=O) groups excluding carboxylic acids is 1. The first kappa shape index (κ1) is 14.4. The fourth-order valence-corrected chi connectivity index (χ4v) is 3.25. The Kier molecular flexibility index (Phi) is 3.93. The summed E-state index contributed by atoms with van der Waals surface area (Å²) in [6, 6.07) is 5.98. The van der Waals surface area contributed by atoms with Crippen LogP contribution in [-0.2, 0) is 11.8 Å². The standard InChI is InChI=1S/C16H21N3OS/c1-10(9-21-3)16(20)17-12-6-7-14-13(8-12)18-15(19(14)2)11-4-5-11/h6-8,10-11H,4-5,9H2,1-3H3,(H,17,20). The van der Waals surface area contributed by atoms with E-state index in [9.17, 15) is 4.79 Å². The monoisotopic (exact) mass is 303 g/mol. The van der Waals surface area contributed by atoms with Gasteiger partial charge in [-0.05, 0) is 37.3 Å². The third kappa shape index (κ3) is 2.93.